The summed E-state index contributed by atoms with van der Waals surface area (Å²) in [6.45, 7) is 0. The van der Waals surface area contributed by atoms with Gasteiger partial charge in [-0.1, -0.05) is 17.8 Å². The van der Waals surface area contributed by atoms with Crippen molar-refractivity contribution in [1.29, 1.82) is 5.26 Å². The molecule has 5 nitrogen and oxygen atoms in total. The van der Waals surface area contributed by atoms with E-state index in [0.29, 0.717) is 11.5 Å². The van der Waals surface area contributed by atoms with Crippen LogP contribution in [0.3, 0.4) is 0 Å². The normalized spacial score (nSPS) is 13.4. The van der Waals surface area contributed by atoms with Crippen LogP contribution in [0.25, 0.3) is 16.3 Å². The van der Waals surface area contributed by atoms with E-state index < -0.39 is 0 Å². The van der Waals surface area contributed by atoms with Crippen molar-refractivity contribution in [2.24, 2.45) is 0 Å². The van der Waals surface area contributed by atoms with Gasteiger partial charge in [0.15, 0.2) is 0 Å². The lowest BCUT2D eigenvalue weighted by atomic mass is 9.88. The van der Waals surface area contributed by atoms with Gasteiger partial charge in [0.1, 0.15) is 11.1 Å². The molecular weight excluding hydrogens is 386 g/mol. The number of thioether (sulfide) groups is 1. The zero-order valence-electron chi connectivity index (χ0n) is 15.1. The maximum atomic E-state index is 9.88. The summed E-state index contributed by atoms with van der Waals surface area (Å²) in [5, 5.41) is 12.8. The van der Waals surface area contributed by atoms with Gasteiger partial charge in [-0.05, 0) is 54.3 Å². The highest BCUT2D eigenvalue weighted by molar-refractivity contribution is 7.98. The molecule has 1 aliphatic carbocycles. The third-order valence-electron chi connectivity index (χ3n) is 4.99. The lowest BCUT2D eigenvalue weighted by Gasteiger charge is -2.21. The van der Waals surface area contributed by atoms with Crippen LogP contribution in [0.15, 0.2) is 47.2 Å². The molecule has 138 valence electrons. The average Bonchev–Trinajstić information content (AvgIpc) is 3.41. The zero-order chi connectivity index (χ0) is 18.9. The molecular formula is C21H17N5S2. The number of hydrogen-bond acceptors (Lipinski definition) is 6. The largest absolute Gasteiger partial charge is 0.291 e. The number of pyridine rings is 1. The van der Waals surface area contributed by atoms with Crippen molar-refractivity contribution < 1.29 is 0 Å². The summed E-state index contributed by atoms with van der Waals surface area (Å²) in [7, 11) is 0. The number of nitriles is 1. The van der Waals surface area contributed by atoms with Gasteiger partial charge in [-0.3, -0.25) is 4.40 Å². The summed E-state index contributed by atoms with van der Waals surface area (Å²) in [5.74, 6) is 1.35. The van der Waals surface area contributed by atoms with Crippen molar-refractivity contribution >= 4 is 28.9 Å². The predicted molar refractivity (Wildman–Crippen MR) is 111 cm³/mol. The Labute approximate surface area is 171 Å². The summed E-state index contributed by atoms with van der Waals surface area (Å²) < 4.78 is 1.92. The number of imidazole rings is 1. The van der Waals surface area contributed by atoms with E-state index in [1.165, 1.54) is 22.4 Å². The fourth-order valence-electron chi connectivity index (χ4n) is 3.72. The van der Waals surface area contributed by atoms with Crippen LogP contribution in [0.2, 0.25) is 0 Å². The van der Waals surface area contributed by atoms with Crippen molar-refractivity contribution in [1.82, 2.24) is 19.4 Å². The second-order valence-electron chi connectivity index (χ2n) is 6.74. The SMILES string of the molecule is N#Cc1c(SCc2cn3cccnc3n2)nc(-c2cccs2)c2c1CCCC2. The highest BCUT2D eigenvalue weighted by Gasteiger charge is 2.23. The molecule has 4 heterocycles. The molecule has 0 radical (unpaired) electrons. The molecule has 0 atom stereocenters. The van der Waals surface area contributed by atoms with Crippen LogP contribution in [0.4, 0.5) is 0 Å². The number of fused-ring (bicyclic) bond motifs is 2. The minimum absolute atomic E-state index is 0.660. The Morgan fingerprint density at radius 1 is 1.18 bits per heavy atom. The lowest BCUT2D eigenvalue weighted by molar-refractivity contribution is 0.678. The van der Waals surface area contributed by atoms with Gasteiger partial charge < -0.3 is 0 Å². The fourth-order valence-corrected chi connectivity index (χ4v) is 5.36. The first-order valence-electron chi connectivity index (χ1n) is 9.24. The molecule has 0 unspecified atom stereocenters. The Hall–Kier alpha value is -2.69. The molecule has 0 saturated heterocycles. The minimum atomic E-state index is 0.660. The molecule has 0 saturated carbocycles. The molecule has 1 aliphatic rings. The van der Waals surface area contributed by atoms with Crippen LogP contribution < -0.4 is 0 Å². The van der Waals surface area contributed by atoms with Crippen molar-refractivity contribution in [3.05, 3.63) is 64.6 Å². The van der Waals surface area contributed by atoms with Crippen LogP contribution in [0.1, 0.15) is 35.2 Å². The van der Waals surface area contributed by atoms with Crippen LogP contribution in [-0.2, 0) is 18.6 Å². The van der Waals surface area contributed by atoms with Gasteiger partial charge in [0.25, 0.3) is 0 Å². The third-order valence-corrected chi connectivity index (χ3v) is 6.88. The summed E-state index contributed by atoms with van der Waals surface area (Å²) >= 11 is 3.30. The molecule has 0 fully saturated rings. The van der Waals surface area contributed by atoms with Gasteiger partial charge >= 0.3 is 0 Å². The van der Waals surface area contributed by atoms with Crippen molar-refractivity contribution in [3.8, 4) is 16.6 Å². The number of rotatable bonds is 4. The number of aromatic nitrogens is 4. The third kappa shape index (κ3) is 3.09. The zero-order valence-corrected chi connectivity index (χ0v) is 16.8. The Morgan fingerprint density at radius 3 is 2.86 bits per heavy atom. The highest BCUT2D eigenvalue weighted by atomic mass is 32.2. The van der Waals surface area contributed by atoms with Crippen molar-refractivity contribution in [3.63, 3.8) is 0 Å². The smallest absolute Gasteiger partial charge is 0.233 e. The summed E-state index contributed by atoms with van der Waals surface area (Å²) in [6, 6.07) is 8.51. The van der Waals surface area contributed by atoms with Crippen LogP contribution in [0, 0.1) is 11.3 Å². The van der Waals surface area contributed by atoms with Gasteiger partial charge in [0.2, 0.25) is 5.78 Å². The molecule has 4 aromatic heterocycles. The molecule has 0 N–H and O–H groups in total. The van der Waals surface area contributed by atoms with Gasteiger partial charge in [0.05, 0.1) is 21.8 Å². The topological polar surface area (TPSA) is 66.9 Å². The highest BCUT2D eigenvalue weighted by Crippen LogP contribution is 2.38. The summed E-state index contributed by atoms with van der Waals surface area (Å²) in [5.41, 5.74) is 5.22. The van der Waals surface area contributed by atoms with Crippen LogP contribution in [-0.4, -0.2) is 19.4 Å². The van der Waals surface area contributed by atoms with E-state index in [-0.39, 0.29) is 0 Å². The standard InChI is InChI=1S/C21H17N5S2/c22-11-17-15-5-1-2-6-16(15)19(18-7-3-10-27-18)25-20(17)28-13-14-12-26-9-4-8-23-21(26)24-14/h3-4,7-10,12H,1-2,5-6,13H2. The average molecular weight is 404 g/mol. The molecule has 7 heteroatoms. The maximum Gasteiger partial charge on any atom is 0.233 e. The summed E-state index contributed by atoms with van der Waals surface area (Å²) in [4.78, 5) is 15.0. The van der Waals surface area contributed by atoms with Crippen molar-refractivity contribution in [2.45, 2.75) is 36.5 Å². The van der Waals surface area contributed by atoms with E-state index in [2.05, 4.69) is 33.5 Å². The van der Waals surface area contributed by atoms with Crippen LogP contribution >= 0.6 is 23.1 Å². The van der Waals surface area contributed by atoms with E-state index in [0.717, 1.165) is 41.2 Å². The van der Waals surface area contributed by atoms with E-state index in [9.17, 15) is 5.26 Å². The van der Waals surface area contributed by atoms with E-state index in [1.807, 2.05) is 22.9 Å². The van der Waals surface area contributed by atoms with E-state index in [4.69, 9.17) is 4.98 Å². The second-order valence-corrected chi connectivity index (χ2v) is 8.65. The number of thiophene rings is 1. The molecule has 0 amide bonds. The van der Waals surface area contributed by atoms with E-state index >= 15 is 0 Å². The monoisotopic (exact) mass is 403 g/mol. The number of nitrogens with zero attached hydrogens (tertiary/aromatic N) is 5. The minimum Gasteiger partial charge on any atom is -0.291 e. The lowest BCUT2D eigenvalue weighted by Crippen LogP contribution is -2.10. The summed E-state index contributed by atoms with van der Waals surface area (Å²) in [6.07, 6.45) is 9.94. The Kier molecular flexibility index (Phi) is 4.59. The molecule has 0 aromatic carbocycles. The molecule has 0 bridgehead atoms. The van der Waals surface area contributed by atoms with Gasteiger partial charge in [-0.25, -0.2) is 15.0 Å². The van der Waals surface area contributed by atoms with Crippen molar-refractivity contribution in [2.75, 3.05) is 0 Å². The fraction of sp³-hybridized carbons (Fsp3) is 0.238. The first-order chi connectivity index (χ1) is 13.8. The molecule has 0 spiro atoms. The quantitative estimate of drug-likeness (QED) is 0.454. The second kappa shape index (κ2) is 7.38. The Morgan fingerprint density at radius 2 is 2.07 bits per heavy atom. The van der Waals surface area contributed by atoms with Gasteiger partial charge in [-0.2, -0.15) is 5.26 Å². The van der Waals surface area contributed by atoms with Gasteiger partial charge in [-0.15, -0.1) is 11.3 Å². The first kappa shape index (κ1) is 17.4. The molecule has 4 aromatic rings. The van der Waals surface area contributed by atoms with Crippen LogP contribution in [0.5, 0.6) is 0 Å². The predicted octanol–water partition coefficient (Wildman–Crippen LogP) is 4.90. The van der Waals surface area contributed by atoms with Gasteiger partial charge in [0, 0.05) is 24.3 Å². The maximum absolute atomic E-state index is 9.88. The Balaban J connectivity index is 1.54. The molecule has 28 heavy (non-hydrogen) atoms. The van der Waals surface area contributed by atoms with E-state index in [1.54, 1.807) is 29.3 Å². The molecule has 0 aliphatic heterocycles. The number of hydrogen-bond donors (Lipinski definition) is 0. The first-order valence-corrected chi connectivity index (χ1v) is 11.1. The Bertz CT molecular complexity index is 1150. The molecule has 5 rings (SSSR count).